The van der Waals surface area contributed by atoms with Crippen molar-refractivity contribution in [2.24, 2.45) is 0 Å². The van der Waals surface area contributed by atoms with Crippen molar-refractivity contribution in [1.82, 2.24) is 0 Å². The molecular formula is C14H21BrO4. The maximum Gasteiger partial charge on any atom is 0.183 e. The number of rotatable bonds is 8. The predicted octanol–water partition coefficient (Wildman–Crippen LogP) is 2.55. The van der Waals surface area contributed by atoms with Gasteiger partial charge in [-0.2, -0.15) is 0 Å². The van der Waals surface area contributed by atoms with Gasteiger partial charge >= 0.3 is 0 Å². The van der Waals surface area contributed by atoms with Crippen molar-refractivity contribution < 1.29 is 19.7 Å². The van der Waals surface area contributed by atoms with Crippen molar-refractivity contribution in [3.05, 3.63) is 35.4 Å². The first kappa shape index (κ1) is 16.6. The number of aliphatic hydroxyl groups excluding tert-OH is 2. The lowest BCUT2D eigenvalue weighted by Crippen LogP contribution is -2.19. The Balaban J connectivity index is 2.79. The summed E-state index contributed by atoms with van der Waals surface area (Å²) in [6.07, 6.45) is -2.10. The first-order valence-corrected chi connectivity index (χ1v) is 7.51. The number of aliphatic hydroxyl groups is 2. The molecule has 2 unspecified atom stereocenters. The van der Waals surface area contributed by atoms with E-state index in [2.05, 4.69) is 15.9 Å². The second kappa shape index (κ2) is 8.66. The van der Waals surface area contributed by atoms with Crippen molar-refractivity contribution in [2.75, 3.05) is 18.5 Å². The lowest BCUT2D eigenvalue weighted by molar-refractivity contribution is -0.140. The van der Waals surface area contributed by atoms with Crippen LogP contribution >= 0.6 is 15.9 Å². The van der Waals surface area contributed by atoms with E-state index in [1.807, 2.05) is 26.0 Å². The van der Waals surface area contributed by atoms with Crippen molar-refractivity contribution in [3.8, 4) is 0 Å². The van der Waals surface area contributed by atoms with Gasteiger partial charge in [0.1, 0.15) is 6.10 Å². The molecule has 4 nitrogen and oxygen atoms in total. The van der Waals surface area contributed by atoms with Crippen LogP contribution in [0.3, 0.4) is 0 Å². The van der Waals surface area contributed by atoms with E-state index in [0.717, 1.165) is 5.56 Å². The Morgan fingerprint density at radius 2 is 1.47 bits per heavy atom. The zero-order valence-corrected chi connectivity index (χ0v) is 12.8. The third-order valence-electron chi connectivity index (χ3n) is 2.71. The van der Waals surface area contributed by atoms with Gasteiger partial charge in [0.15, 0.2) is 6.29 Å². The summed E-state index contributed by atoms with van der Waals surface area (Å²) < 4.78 is 11.0. The van der Waals surface area contributed by atoms with Crippen LogP contribution in [-0.2, 0) is 9.47 Å². The minimum Gasteiger partial charge on any atom is -0.389 e. The van der Waals surface area contributed by atoms with E-state index in [0.29, 0.717) is 24.1 Å². The van der Waals surface area contributed by atoms with Gasteiger partial charge < -0.3 is 19.7 Å². The van der Waals surface area contributed by atoms with Crippen molar-refractivity contribution >= 4 is 15.9 Å². The third kappa shape index (κ3) is 4.85. The summed E-state index contributed by atoms with van der Waals surface area (Å²) in [7, 11) is 0. The van der Waals surface area contributed by atoms with E-state index in [1.165, 1.54) is 0 Å². The standard InChI is InChI=1S/C14H21BrO4/c1-3-18-14(19-4-2)11-7-5-10(6-8-11)13(17)12(16)9-15/h5-8,12-14,16-17H,3-4,9H2,1-2H3. The van der Waals surface area contributed by atoms with Gasteiger partial charge in [0, 0.05) is 24.1 Å². The molecule has 0 aliphatic carbocycles. The largest absolute Gasteiger partial charge is 0.389 e. The summed E-state index contributed by atoms with van der Waals surface area (Å²) >= 11 is 3.14. The average Bonchev–Trinajstić information content (AvgIpc) is 2.45. The molecule has 0 fully saturated rings. The highest BCUT2D eigenvalue weighted by Crippen LogP contribution is 2.23. The van der Waals surface area contributed by atoms with E-state index in [4.69, 9.17) is 9.47 Å². The number of ether oxygens (including phenoxy) is 2. The highest BCUT2D eigenvalue weighted by Gasteiger charge is 2.18. The monoisotopic (exact) mass is 332 g/mol. The molecule has 0 heterocycles. The fourth-order valence-corrected chi connectivity index (χ4v) is 2.05. The summed E-state index contributed by atoms with van der Waals surface area (Å²) in [5.74, 6) is 0. The lowest BCUT2D eigenvalue weighted by Gasteiger charge is -2.19. The molecule has 0 aromatic heterocycles. The molecule has 1 aromatic carbocycles. The van der Waals surface area contributed by atoms with E-state index in [1.54, 1.807) is 12.1 Å². The van der Waals surface area contributed by atoms with E-state index < -0.39 is 12.2 Å². The number of hydrogen-bond acceptors (Lipinski definition) is 4. The van der Waals surface area contributed by atoms with Crippen LogP contribution in [0.25, 0.3) is 0 Å². The Hall–Kier alpha value is -0.460. The molecule has 0 saturated heterocycles. The third-order valence-corrected chi connectivity index (χ3v) is 3.37. The van der Waals surface area contributed by atoms with Crippen LogP contribution < -0.4 is 0 Å². The molecule has 0 aliphatic heterocycles. The molecule has 1 aromatic rings. The molecule has 0 radical (unpaired) electrons. The van der Waals surface area contributed by atoms with Gasteiger partial charge in [0.25, 0.3) is 0 Å². The van der Waals surface area contributed by atoms with Crippen molar-refractivity contribution in [1.29, 1.82) is 0 Å². The number of halogens is 1. The Kier molecular flexibility index (Phi) is 7.56. The van der Waals surface area contributed by atoms with E-state index in [9.17, 15) is 10.2 Å². The van der Waals surface area contributed by atoms with Gasteiger partial charge in [-0.15, -0.1) is 0 Å². The molecular weight excluding hydrogens is 312 g/mol. The van der Waals surface area contributed by atoms with E-state index >= 15 is 0 Å². The van der Waals surface area contributed by atoms with Crippen molar-refractivity contribution in [2.45, 2.75) is 32.3 Å². The molecule has 0 spiro atoms. The van der Waals surface area contributed by atoms with Crippen LogP contribution in [0.5, 0.6) is 0 Å². The minimum absolute atomic E-state index is 0.330. The number of benzene rings is 1. The Labute approximate surface area is 122 Å². The maximum atomic E-state index is 9.88. The molecule has 2 atom stereocenters. The molecule has 0 bridgehead atoms. The quantitative estimate of drug-likeness (QED) is 0.567. The molecule has 0 amide bonds. The fraction of sp³-hybridized carbons (Fsp3) is 0.571. The zero-order valence-electron chi connectivity index (χ0n) is 11.3. The normalized spacial score (nSPS) is 14.6. The highest BCUT2D eigenvalue weighted by molar-refractivity contribution is 9.09. The Bertz CT molecular complexity index is 349. The summed E-state index contributed by atoms with van der Waals surface area (Å²) in [4.78, 5) is 0. The van der Waals surface area contributed by atoms with Gasteiger partial charge in [-0.1, -0.05) is 40.2 Å². The predicted molar refractivity (Wildman–Crippen MR) is 77.2 cm³/mol. The Morgan fingerprint density at radius 1 is 1.00 bits per heavy atom. The van der Waals surface area contributed by atoms with Crippen molar-refractivity contribution in [3.63, 3.8) is 0 Å². The summed E-state index contributed by atoms with van der Waals surface area (Å²) in [5, 5.41) is 19.8. The van der Waals surface area contributed by atoms with Gasteiger partial charge in [-0.25, -0.2) is 0 Å². The van der Waals surface area contributed by atoms with Crippen LogP contribution in [0.4, 0.5) is 0 Å². The number of hydrogen-bond donors (Lipinski definition) is 2. The summed E-state index contributed by atoms with van der Waals surface area (Å²) in [6, 6.07) is 7.23. The van der Waals surface area contributed by atoms with Crippen LogP contribution in [-0.4, -0.2) is 34.9 Å². The van der Waals surface area contributed by atoms with Gasteiger partial charge in [0.2, 0.25) is 0 Å². The first-order valence-electron chi connectivity index (χ1n) is 6.39. The topological polar surface area (TPSA) is 58.9 Å². The molecule has 1 rings (SSSR count). The maximum absolute atomic E-state index is 9.88. The average molecular weight is 333 g/mol. The zero-order chi connectivity index (χ0) is 14.3. The SMILES string of the molecule is CCOC(OCC)c1ccc(C(O)C(O)CBr)cc1. The van der Waals surface area contributed by atoms with E-state index in [-0.39, 0.29) is 6.29 Å². The van der Waals surface area contributed by atoms with Crippen LogP contribution in [0.2, 0.25) is 0 Å². The minimum atomic E-state index is -0.897. The second-order valence-corrected chi connectivity index (χ2v) is 4.72. The summed E-state index contributed by atoms with van der Waals surface area (Å²) in [6.45, 7) is 4.96. The molecule has 2 N–H and O–H groups in total. The highest BCUT2D eigenvalue weighted by atomic mass is 79.9. The fourth-order valence-electron chi connectivity index (χ4n) is 1.70. The molecule has 5 heteroatoms. The molecule has 108 valence electrons. The molecule has 19 heavy (non-hydrogen) atoms. The molecule has 0 saturated carbocycles. The molecule has 0 aliphatic rings. The van der Waals surface area contributed by atoms with Crippen LogP contribution in [0.1, 0.15) is 37.4 Å². The second-order valence-electron chi connectivity index (χ2n) is 4.08. The number of alkyl halides is 1. The van der Waals surface area contributed by atoms with Crippen LogP contribution in [0.15, 0.2) is 24.3 Å². The van der Waals surface area contributed by atoms with Gasteiger partial charge in [-0.3, -0.25) is 0 Å². The van der Waals surface area contributed by atoms with Crippen LogP contribution in [0, 0.1) is 0 Å². The van der Waals surface area contributed by atoms with Gasteiger partial charge in [0.05, 0.1) is 6.10 Å². The first-order chi connectivity index (χ1) is 9.13. The smallest absolute Gasteiger partial charge is 0.183 e. The lowest BCUT2D eigenvalue weighted by atomic mass is 10.0. The Morgan fingerprint density at radius 3 is 1.89 bits per heavy atom. The van der Waals surface area contributed by atoms with Gasteiger partial charge in [-0.05, 0) is 19.4 Å². The summed E-state index contributed by atoms with van der Waals surface area (Å²) in [5.41, 5.74) is 1.57.